The molecule has 6 heteroatoms. The SMILES string of the molecule is CCNc1cccnc1S(=O)(=O)NC1C(C)(C)C1(C)C. The second-order valence-corrected chi connectivity index (χ2v) is 8.01. The third kappa shape index (κ3) is 2.31. The molecule has 1 saturated carbocycles. The van der Waals surface area contributed by atoms with Crippen LogP contribution in [0.1, 0.15) is 34.6 Å². The standard InChI is InChI=1S/C14H23N3O2S/c1-6-15-10-8-7-9-16-11(10)20(18,19)17-12-13(2,3)14(12,4)5/h7-9,12,15,17H,6H2,1-5H3. The van der Waals surface area contributed by atoms with Gasteiger partial charge in [-0.15, -0.1) is 0 Å². The van der Waals surface area contributed by atoms with Gasteiger partial charge in [-0.3, -0.25) is 0 Å². The number of anilines is 1. The Morgan fingerprint density at radius 3 is 2.35 bits per heavy atom. The van der Waals surface area contributed by atoms with Crippen molar-refractivity contribution >= 4 is 15.7 Å². The molecule has 0 amide bonds. The van der Waals surface area contributed by atoms with Gasteiger partial charge in [0.25, 0.3) is 10.0 Å². The molecule has 1 aromatic rings. The first-order valence-corrected chi connectivity index (χ1v) is 8.34. The molecule has 1 heterocycles. The molecule has 1 fully saturated rings. The first-order valence-electron chi connectivity index (χ1n) is 6.86. The molecule has 0 atom stereocenters. The van der Waals surface area contributed by atoms with Gasteiger partial charge in [0.05, 0.1) is 5.69 Å². The minimum absolute atomic E-state index is 0.0484. The summed E-state index contributed by atoms with van der Waals surface area (Å²) in [7, 11) is -3.62. The Labute approximate surface area is 121 Å². The van der Waals surface area contributed by atoms with Gasteiger partial charge in [-0.25, -0.2) is 18.1 Å². The second-order valence-electron chi connectivity index (χ2n) is 6.38. The van der Waals surface area contributed by atoms with E-state index in [4.69, 9.17) is 0 Å². The zero-order valence-electron chi connectivity index (χ0n) is 12.7. The first kappa shape index (κ1) is 15.3. The molecule has 0 spiro atoms. The van der Waals surface area contributed by atoms with Gasteiger partial charge in [-0.05, 0) is 29.9 Å². The van der Waals surface area contributed by atoms with Crippen molar-refractivity contribution in [1.29, 1.82) is 0 Å². The van der Waals surface area contributed by atoms with Gasteiger partial charge < -0.3 is 5.32 Å². The van der Waals surface area contributed by atoms with Crippen LogP contribution in [0.15, 0.2) is 23.4 Å². The maximum absolute atomic E-state index is 12.5. The maximum Gasteiger partial charge on any atom is 0.260 e. The Balaban J connectivity index is 2.29. The van der Waals surface area contributed by atoms with Gasteiger partial charge in [0, 0.05) is 18.8 Å². The Bertz CT molecular complexity index is 595. The first-order chi connectivity index (χ1) is 9.14. The highest BCUT2D eigenvalue weighted by Crippen LogP contribution is 2.62. The van der Waals surface area contributed by atoms with Crippen molar-refractivity contribution in [2.24, 2.45) is 10.8 Å². The maximum atomic E-state index is 12.5. The van der Waals surface area contributed by atoms with Crippen molar-refractivity contribution < 1.29 is 8.42 Å². The van der Waals surface area contributed by atoms with Crippen molar-refractivity contribution in [2.75, 3.05) is 11.9 Å². The number of aromatic nitrogens is 1. The van der Waals surface area contributed by atoms with E-state index in [1.807, 2.05) is 6.92 Å². The molecule has 0 radical (unpaired) electrons. The molecule has 0 bridgehead atoms. The van der Waals surface area contributed by atoms with E-state index in [0.717, 1.165) is 0 Å². The predicted molar refractivity (Wildman–Crippen MR) is 80.1 cm³/mol. The van der Waals surface area contributed by atoms with E-state index in [-0.39, 0.29) is 21.9 Å². The lowest BCUT2D eigenvalue weighted by Gasteiger charge is -2.12. The molecular formula is C14H23N3O2S. The third-order valence-electron chi connectivity index (χ3n) is 4.69. The van der Waals surface area contributed by atoms with E-state index in [0.29, 0.717) is 12.2 Å². The third-order valence-corrected chi connectivity index (χ3v) is 6.07. The fourth-order valence-electron chi connectivity index (χ4n) is 2.63. The molecule has 2 N–H and O–H groups in total. The van der Waals surface area contributed by atoms with Crippen LogP contribution in [0.25, 0.3) is 0 Å². The molecule has 0 aliphatic heterocycles. The largest absolute Gasteiger partial charge is 0.383 e. The molecule has 0 saturated heterocycles. The predicted octanol–water partition coefficient (Wildman–Crippen LogP) is 2.23. The van der Waals surface area contributed by atoms with Crippen LogP contribution < -0.4 is 10.0 Å². The Morgan fingerprint density at radius 1 is 1.25 bits per heavy atom. The minimum Gasteiger partial charge on any atom is -0.383 e. The Hall–Kier alpha value is -1.14. The summed E-state index contributed by atoms with van der Waals surface area (Å²) in [6.07, 6.45) is 1.50. The van der Waals surface area contributed by atoms with Crippen molar-refractivity contribution in [2.45, 2.75) is 45.7 Å². The molecular weight excluding hydrogens is 274 g/mol. The van der Waals surface area contributed by atoms with Crippen LogP contribution in [0.3, 0.4) is 0 Å². The van der Waals surface area contributed by atoms with Crippen LogP contribution in [0, 0.1) is 10.8 Å². The summed E-state index contributed by atoms with van der Waals surface area (Å²) in [5.41, 5.74) is 0.444. The van der Waals surface area contributed by atoms with Gasteiger partial charge in [0.2, 0.25) is 0 Å². The molecule has 1 aliphatic carbocycles. The van der Waals surface area contributed by atoms with Crippen LogP contribution in [-0.4, -0.2) is 26.0 Å². The smallest absolute Gasteiger partial charge is 0.260 e. The normalized spacial score (nSPS) is 20.6. The van der Waals surface area contributed by atoms with Gasteiger partial charge in [0.15, 0.2) is 5.03 Å². The van der Waals surface area contributed by atoms with Gasteiger partial charge >= 0.3 is 0 Å². The van der Waals surface area contributed by atoms with Crippen LogP contribution in [0.2, 0.25) is 0 Å². The highest BCUT2D eigenvalue weighted by Gasteiger charge is 2.66. The van der Waals surface area contributed by atoms with E-state index >= 15 is 0 Å². The van der Waals surface area contributed by atoms with Gasteiger partial charge in [0.1, 0.15) is 0 Å². The molecule has 1 aliphatic rings. The van der Waals surface area contributed by atoms with Crippen molar-refractivity contribution in [3.05, 3.63) is 18.3 Å². The summed E-state index contributed by atoms with van der Waals surface area (Å²) in [5.74, 6) is 0. The van der Waals surface area contributed by atoms with Crippen molar-refractivity contribution in [3.8, 4) is 0 Å². The lowest BCUT2D eigenvalue weighted by atomic mass is 10.0. The highest BCUT2D eigenvalue weighted by atomic mass is 32.2. The Morgan fingerprint density at radius 2 is 1.85 bits per heavy atom. The zero-order chi connectivity index (χ0) is 15.2. The number of pyridine rings is 1. The van der Waals surface area contributed by atoms with E-state index in [2.05, 4.69) is 42.7 Å². The number of hydrogen-bond donors (Lipinski definition) is 2. The number of hydrogen-bond acceptors (Lipinski definition) is 4. The van der Waals surface area contributed by atoms with Gasteiger partial charge in [-0.1, -0.05) is 27.7 Å². The van der Waals surface area contributed by atoms with Crippen LogP contribution >= 0.6 is 0 Å². The van der Waals surface area contributed by atoms with Crippen LogP contribution in [0.5, 0.6) is 0 Å². The topological polar surface area (TPSA) is 71.1 Å². The highest BCUT2D eigenvalue weighted by molar-refractivity contribution is 7.89. The summed E-state index contributed by atoms with van der Waals surface area (Å²) in [6.45, 7) is 10.9. The summed E-state index contributed by atoms with van der Waals surface area (Å²) in [5, 5.41) is 3.11. The summed E-state index contributed by atoms with van der Waals surface area (Å²) < 4.78 is 27.9. The molecule has 0 unspecified atom stereocenters. The number of sulfonamides is 1. The van der Waals surface area contributed by atoms with Crippen LogP contribution in [-0.2, 0) is 10.0 Å². The molecule has 0 aromatic carbocycles. The van der Waals surface area contributed by atoms with E-state index in [1.165, 1.54) is 6.20 Å². The summed E-state index contributed by atoms with van der Waals surface area (Å²) in [6, 6.07) is 3.38. The van der Waals surface area contributed by atoms with Crippen LogP contribution in [0.4, 0.5) is 5.69 Å². The minimum atomic E-state index is -3.62. The summed E-state index contributed by atoms with van der Waals surface area (Å²) >= 11 is 0. The fraction of sp³-hybridized carbons (Fsp3) is 0.643. The number of nitrogens with zero attached hydrogens (tertiary/aromatic N) is 1. The molecule has 112 valence electrons. The molecule has 20 heavy (non-hydrogen) atoms. The number of rotatable bonds is 5. The van der Waals surface area contributed by atoms with Crippen molar-refractivity contribution in [3.63, 3.8) is 0 Å². The molecule has 5 nitrogen and oxygen atoms in total. The molecule has 2 rings (SSSR count). The number of nitrogens with one attached hydrogen (secondary N) is 2. The van der Waals surface area contributed by atoms with E-state index < -0.39 is 10.0 Å². The van der Waals surface area contributed by atoms with Crippen molar-refractivity contribution in [1.82, 2.24) is 9.71 Å². The zero-order valence-corrected chi connectivity index (χ0v) is 13.5. The second kappa shape index (κ2) is 4.70. The average Bonchev–Trinajstić information content (AvgIpc) is 2.72. The fourth-order valence-corrected chi connectivity index (χ4v) is 4.27. The average molecular weight is 297 g/mol. The lowest BCUT2D eigenvalue weighted by Crippen LogP contribution is -2.31. The van der Waals surface area contributed by atoms with E-state index in [1.54, 1.807) is 12.1 Å². The molecule has 1 aromatic heterocycles. The quantitative estimate of drug-likeness (QED) is 0.874. The Kier molecular flexibility index (Phi) is 3.59. The van der Waals surface area contributed by atoms with Gasteiger partial charge in [-0.2, -0.15) is 0 Å². The van der Waals surface area contributed by atoms with E-state index in [9.17, 15) is 8.42 Å². The summed E-state index contributed by atoms with van der Waals surface area (Å²) in [4.78, 5) is 4.03. The monoisotopic (exact) mass is 297 g/mol. The lowest BCUT2D eigenvalue weighted by molar-refractivity contribution is 0.457.